The Balaban J connectivity index is 2.61. The normalized spacial score (nSPS) is 9.93. The van der Waals surface area contributed by atoms with Crippen molar-refractivity contribution in [2.75, 3.05) is 6.61 Å². The van der Waals surface area contributed by atoms with Gasteiger partial charge in [-0.15, -0.1) is 0 Å². The Labute approximate surface area is 98.1 Å². The summed E-state index contributed by atoms with van der Waals surface area (Å²) in [5, 5.41) is 17.2. The summed E-state index contributed by atoms with van der Waals surface area (Å²) in [7, 11) is 0. The molecule has 0 spiro atoms. The molecule has 0 saturated carbocycles. The zero-order valence-electron chi connectivity index (χ0n) is 8.49. The summed E-state index contributed by atoms with van der Waals surface area (Å²) in [4.78, 5) is 0. The number of aliphatic hydroxyl groups is 1. The number of pyridine rings is 1. The van der Waals surface area contributed by atoms with E-state index in [1.165, 1.54) is 0 Å². The van der Waals surface area contributed by atoms with E-state index >= 15 is 0 Å². The fourth-order valence-electron chi connectivity index (χ4n) is 1.31. The van der Waals surface area contributed by atoms with Crippen LogP contribution >= 0.6 is 15.9 Å². The third-order valence-electron chi connectivity index (χ3n) is 2.15. The lowest BCUT2D eigenvalue weighted by molar-refractivity contribution is -0.698. The lowest BCUT2D eigenvalue weighted by atomic mass is 10.2. The molecule has 0 fully saturated rings. The number of nitriles is 1. The van der Waals surface area contributed by atoms with Crippen LogP contribution in [-0.4, -0.2) is 11.7 Å². The van der Waals surface area contributed by atoms with Crippen molar-refractivity contribution in [2.45, 2.75) is 25.8 Å². The topological polar surface area (TPSA) is 47.9 Å². The van der Waals surface area contributed by atoms with Gasteiger partial charge in [-0.05, 0) is 27.9 Å². The van der Waals surface area contributed by atoms with E-state index in [1.54, 1.807) is 0 Å². The maximum Gasteiger partial charge on any atom is 0.183 e. The molecule has 1 heterocycles. The first-order chi connectivity index (χ1) is 7.27. The first kappa shape index (κ1) is 12.2. The monoisotopic (exact) mass is 269 g/mol. The molecule has 0 radical (unpaired) electrons. The van der Waals surface area contributed by atoms with E-state index in [4.69, 9.17) is 10.4 Å². The minimum Gasteiger partial charge on any atom is -0.396 e. The number of aromatic nitrogens is 1. The Morgan fingerprint density at radius 3 is 2.87 bits per heavy atom. The van der Waals surface area contributed by atoms with E-state index < -0.39 is 0 Å². The summed E-state index contributed by atoms with van der Waals surface area (Å²) in [6.07, 6.45) is 6.16. The van der Waals surface area contributed by atoms with Gasteiger partial charge in [0.1, 0.15) is 6.54 Å². The highest BCUT2D eigenvalue weighted by atomic mass is 79.9. The fraction of sp³-hybridized carbons (Fsp3) is 0.455. The predicted molar refractivity (Wildman–Crippen MR) is 60.0 cm³/mol. The second kappa shape index (κ2) is 6.54. The number of unbranched alkanes of at least 4 members (excludes halogenated alkanes) is 1. The molecule has 0 aliphatic carbocycles. The Morgan fingerprint density at radius 2 is 2.27 bits per heavy atom. The summed E-state index contributed by atoms with van der Waals surface area (Å²) >= 11 is 3.44. The molecule has 0 atom stereocenters. The third-order valence-corrected chi connectivity index (χ3v) is 2.86. The highest BCUT2D eigenvalue weighted by molar-refractivity contribution is 9.10. The summed E-state index contributed by atoms with van der Waals surface area (Å²) in [6, 6.07) is 4.07. The van der Waals surface area contributed by atoms with Gasteiger partial charge in [0.2, 0.25) is 0 Å². The second-order valence-corrected chi connectivity index (χ2v) is 4.18. The lowest BCUT2D eigenvalue weighted by Gasteiger charge is -1.99. The molecule has 0 amide bonds. The number of hydrogen-bond acceptors (Lipinski definition) is 2. The molecule has 0 aliphatic rings. The van der Waals surface area contributed by atoms with Gasteiger partial charge in [-0.1, -0.05) is 0 Å². The van der Waals surface area contributed by atoms with Gasteiger partial charge >= 0.3 is 0 Å². The Bertz CT molecular complexity index is 360. The SMILES string of the molecule is N#CCc1cc[n+](CCCCO)cc1Br. The smallest absolute Gasteiger partial charge is 0.183 e. The van der Waals surface area contributed by atoms with Gasteiger partial charge in [-0.2, -0.15) is 5.26 Å². The number of aryl methyl sites for hydroxylation is 1. The molecule has 4 heteroatoms. The van der Waals surface area contributed by atoms with Crippen molar-refractivity contribution in [3.63, 3.8) is 0 Å². The van der Waals surface area contributed by atoms with Crippen LogP contribution in [0, 0.1) is 11.3 Å². The molecule has 80 valence electrons. The van der Waals surface area contributed by atoms with Gasteiger partial charge in [-0.3, -0.25) is 0 Å². The van der Waals surface area contributed by atoms with E-state index in [-0.39, 0.29) is 6.61 Å². The molecule has 15 heavy (non-hydrogen) atoms. The molecule has 1 N–H and O–H groups in total. The number of hydrogen-bond donors (Lipinski definition) is 1. The standard InChI is InChI=1S/C11H14BrN2O/c12-11-9-14(6-1-2-8-15)7-4-10(11)3-5-13/h4,7,9,15H,1-3,6,8H2/q+1. The zero-order chi connectivity index (χ0) is 11.1. The summed E-state index contributed by atoms with van der Waals surface area (Å²) < 4.78 is 3.02. The van der Waals surface area contributed by atoms with Crippen LogP contribution in [-0.2, 0) is 13.0 Å². The van der Waals surface area contributed by atoms with Crippen LogP contribution in [0.4, 0.5) is 0 Å². The molecular formula is C11H14BrN2O+. The van der Waals surface area contributed by atoms with Gasteiger partial charge < -0.3 is 5.11 Å². The summed E-state index contributed by atoms with van der Waals surface area (Å²) in [5.74, 6) is 0. The van der Waals surface area contributed by atoms with Crippen LogP contribution in [0.2, 0.25) is 0 Å². The summed E-state index contributed by atoms with van der Waals surface area (Å²) in [6.45, 7) is 1.14. The van der Waals surface area contributed by atoms with Gasteiger partial charge in [0.25, 0.3) is 0 Å². The number of halogens is 1. The van der Waals surface area contributed by atoms with E-state index in [9.17, 15) is 0 Å². The average Bonchev–Trinajstić information content (AvgIpc) is 2.23. The minimum atomic E-state index is 0.244. The molecule has 0 unspecified atom stereocenters. The van der Waals surface area contributed by atoms with Crippen molar-refractivity contribution in [1.29, 1.82) is 5.26 Å². The van der Waals surface area contributed by atoms with Gasteiger partial charge in [0.05, 0.1) is 17.0 Å². The van der Waals surface area contributed by atoms with Crippen molar-refractivity contribution in [1.82, 2.24) is 0 Å². The third kappa shape index (κ3) is 3.98. The molecule has 3 nitrogen and oxygen atoms in total. The highest BCUT2D eigenvalue weighted by Gasteiger charge is 2.06. The fourth-order valence-corrected chi connectivity index (χ4v) is 1.85. The van der Waals surface area contributed by atoms with Crippen LogP contribution in [0.25, 0.3) is 0 Å². The van der Waals surface area contributed by atoms with Crippen molar-refractivity contribution in [3.8, 4) is 6.07 Å². The molecule has 0 aliphatic heterocycles. The highest BCUT2D eigenvalue weighted by Crippen LogP contribution is 2.13. The maximum absolute atomic E-state index is 8.66. The number of rotatable bonds is 5. The van der Waals surface area contributed by atoms with Crippen LogP contribution in [0.15, 0.2) is 22.9 Å². The molecule has 1 aromatic rings. The van der Waals surface area contributed by atoms with Crippen molar-refractivity contribution in [2.24, 2.45) is 0 Å². The van der Waals surface area contributed by atoms with Crippen LogP contribution in [0.3, 0.4) is 0 Å². The van der Waals surface area contributed by atoms with E-state index in [1.807, 2.05) is 18.5 Å². The lowest BCUT2D eigenvalue weighted by Crippen LogP contribution is -2.33. The van der Waals surface area contributed by atoms with E-state index in [2.05, 4.69) is 26.6 Å². The molecule has 0 saturated heterocycles. The molecule has 0 aromatic carbocycles. The first-order valence-corrected chi connectivity index (χ1v) is 5.72. The molecule has 1 rings (SSSR count). The largest absolute Gasteiger partial charge is 0.396 e. The van der Waals surface area contributed by atoms with Crippen molar-refractivity contribution >= 4 is 15.9 Å². The van der Waals surface area contributed by atoms with E-state index in [0.29, 0.717) is 6.42 Å². The van der Waals surface area contributed by atoms with Crippen LogP contribution in [0.1, 0.15) is 18.4 Å². The second-order valence-electron chi connectivity index (χ2n) is 3.32. The van der Waals surface area contributed by atoms with Crippen LogP contribution in [0.5, 0.6) is 0 Å². The maximum atomic E-state index is 8.66. The molecular weight excluding hydrogens is 256 g/mol. The first-order valence-electron chi connectivity index (χ1n) is 4.93. The van der Waals surface area contributed by atoms with Gasteiger partial charge in [0.15, 0.2) is 12.4 Å². The van der Waals surface area contributed by atoms with Crippen molar-refractivity contribution < 1.29 is 9.67 Å². The van der Waals surface area contributed by atoms with Gasteiger partial charge in [-0.25, -0.2) is 4.57 Å². The Morgan fingerprint density at radius 1 is 1.47 bits per heavy atom. The van der Waals surface area contributed by atoms with Crippen LogP contribution < -0.4 is 4.57 Å². The summed E-state index contributed by atoms with van der Waals surface area (Å²) in [5.41, 5.74) is 1.01. The quantitative estimate of drug-likeness (QED) is 0.652. The average molecular weight is 270 g/mol. The van der Waals surface area contributed by atoms with Crippen molar-refractivity contribution in [3.05, 3.63) is 28.5 Å². The van der Waals surface area contributed by atoms with Gasteiger partial charge in [0, 0.05) is 19.1 Å². The van der Waals surface area contributed by atoms with E-state index in [0.717, 1.165) is 29.4 Å². The predicted octanol–water partition coefficient (Wildman–Crippen LogP) is 1.58. The molecule has 0 bridgehead atoms. The number of nitrogens with zero attached hydrogens (tertiary/aromatic N) is 2. The molecule has 1 aromatic heterocycles. The number of aliphatic hydroxyl groups excluding tert-OH is 1. The minimum absolute atomic E-state index is 0.244. The zero-order valence-corrected chi connectivity index (χ0v) is 10.1. The Kier molecular flexibility index (Phi) is 5.30. The Hall–Kier alpha value is -0.920.